The Bertz CT molecular complexity index is 1720. The van der Waals surface area contributed by atoms with Crippen molar-refractivity contribution in [2.24, 2.45) is 11.8 Å². The predicted molar refractivity (Wildman–Crippen MR) is 151 cm³/mol. The SMILES string of the molecule is O=C(c1ccc2c(c1)C(=O)C(C(=O)Cc1ccccc1)C2=O)c1ccc2c(c1)C(=O)C(C(=O)Cc1ccccc1)C2=O. The molecule has 2 unspecified atom stereocenters. The van der Waals surface area contributed by atoms with Crippen LogP contribution in [0.5, 0.6) is 0 Å². The average Bonchev–Trinajstić information content (AvgIpc) is 3.41. The number of rotatable bonds is 8. The quantitative estimate of drug-likeness (QED) is 0.232. The number of Topliss-reactive ketones (excluding diaryl/α,β-unsaturated/α-hetero) is 6. The van der Waals surface area contributed by atoms with E-state index in [1.807, 2.05) is 0 Å². The third-order valence-electron chi connectivity index (χ3n) is 7.76. The van der Waals surface area contributed by atoms with Crippen molar-refractivity contribution in [3.63, 3.8) is 0 Å². The molecule has 42 heavy (non-hydrogen) atoms. The van der Waals surface area contributed by atoms with Crippen molar-refractivity contribution in [2.75, 3.05) is 0 Å². The summed E-state index contributed by atoms with van der Waals surface area (Å²) in [6.45, 7) is 0. The molecule has 0 aromatic heterocycles. The smallest absolute Gasteiger partial charge is 0.193 e. The van der Waals surface area contributed by atoms with Crippen LogP contribution in [0.3, 0.4) is 0 Å². The van der Waals surface area contributed by atoms with E-state index in [1.54, 1.807) is 60.7 Å². The summed E-state index contributed by atoms with van der Waals surface area (Å²) < 4.78 is 0. The number of benzene rings is 4. The van der Waals surface area contributed by atoms with E-state index >= 15 is 0 Å². The van der Waals surface area contributed by atoms with Crippen LogP contribution in [0.1, 0.15) is 68.5 Å². The molecule has 0 N–H and O–H groups in total. The van der Waals surface area contributed by atoms with Gasteiger partial charge in [-0.05, 0) is 35.4 Å². The van der Waals surface area contributed by atoms with Gasteiger partial charge in [-0.1, -0.05) is 72.8 Å². The van der Waals surface area contributed by atoms with Crippen LogP contribution in [0.25, 0.3) is 0 Å². The molecule has 0 fully saturated rings. The number of hydrogen-bond acceptors (Lipinski definition) is 7. The highest BCUT2D eigenvalue weighted by Crippen LogP contribution is 2.32. The van der Waals surface area contributed by atoms with E-state index in [9.17, 15) is 33.6 Å². The summed E-state index contributed by atoms with van der Waals surface area (Å²) in [5.74, 6) is -6.99. The summed E-state index contributed by atoms with van der Waals surface area (Å²) in [5, 5.41) is 0. The van der Waals surface area contributed by atoms with Crippen LogP contribution in [0.4, 0.5) is 0 Å². The van der Waals surface area contributed by atoms with E-state index < -0.39 is 52.3 Å². The maximum Gasteiger partial charge on any atom is 0.193 e. The highest BCUT2D eigenvalue weighted by Gasteiger charge is 2.44. The third kappa shape index (κ3) is 4.55. The molecule has 0 saturated heterocycles. The second-order valence-corrected chi connectivity index (χ2v) is 10.4. The van der Waals surface area contributed by atoms with E-state index in [4.69, 9.17) is 0 Å². The molecule has 2 aliphatic carbocycles. The highest BCUT2D eigenvalue weighted by molar-refractivity contribution is 6.37. The second kappa shape index (κ2) is 10.5. The summed E-state index contributed by atoms with van der Waals surface area (Å²) in [7, 11) is 0. The molecule has 4 aromatic rings. The molecule has 0 heterocycles. The minimum absolute atomic E-state index is 0.00347. The molecule has 0 spiro atoms. The summed E-state index contributed by atoms with van der Waals surface area (Å²) >= 11 is 0. The molecule has 0 bridgehead atoms. The van der Waals surface area contributed by atoms with Crippen molar-refractivity contribution in [1.82, 2.24) is 0 Å². The maximum atomic E-state index is 13.4. The van der Waals surface area contributed by atoms with Crippen molar-refractivity contribution in [3.8, 4) is 0 Å². The summed E-state index contributed by atoms with van der Waals surface area (Å²) in [5.41, 5.74) is 1.69. The van der Waals surface area contributed by atoms with Gasteiger partial charge in [-0.15, -0.1) is 0 Å². The Kier molecular flexibility index (Phi) is 6.71. The summed E-state index contributed by atoms with van der Waals surface area (Å²) in [4.78, 5) is 91.4. The Morgan fingerprint density at radius 1 is 0.452 bits per heavy atom. The van der Waals surface area contributed by atoms with Gasteiger partial charge in [-0.2, -0.15) is 0 Å². The van der Waals surface area contributed by atoms with E-state index in [0.29, 0.717) is 11.1 Å². The molecular weight excluding hydrogens is 532 g/mol. The fourth-order valence-corrected chi connectivity index (χ4v) is 5.62. The molecule has 204 valence electrons. The normalized spacial score (nSPS) is 17.2. The van der Waals surface area contributed by atoms with Gasteiger partial charge in [-0.3, -0.25) is 33.6 Å². The predicted octanol–water partition coefficient (Wildman–Crippen LogP) is 4.53. The standard InChI is InChI=1S/C35H22O7/c36-27(15-19-7-3-1-4-8-19)29-32(39)23-13-11-21(17-25(23)34(29)41)31(38)22-12-14-24-26(18-22)35(42)30(33(24)40)28(37)16-20-9-5-2-6-10-20/h1-14,17-18,29-30H,15-16H2. The van der Waals surface area contributed by atoms with Crippen molar-refractivity contribution in [2.45, 2.75) is 12.8 Å². The molecule has 6 rings (SSSR count). The number of carbonyl (C=O) groups is 7. The van der Waals surface area contributed by atoms with Gasteiger partial charge in [0.2, 0.25) is 0 Å². The molecule has 0 radical (unpaired) electrons. The first-order chi connectivity index (χ1) is 20.2. The van der Waals surface area contributed by atoms with Gasteiger partial charge < -0.3 is 0 Å². The van der Waals surface area contributed by atoms with Crippen LogP contribution in [0, 0.1) is 11.8 Å². The number of hydrogen-bond donors (Lipinski definition) is 0. The molecule has 0 amide bonds. The first-order valence-electron chi connectivity index (χ1n) is 13.4. The number of carbonyl (C=O) groups excluding carboxylic acids is 7. The highest BCUT2D eigenvalue weighted by atomic mass is 16.2. The minimum atomic E-state index is -1.46. The summed E-state index contributed by atoms with van der Waals surface area (Å²) in [6, 6.07) is 25.7. The maximum absolute atomic E-state index is 13.4. The van der Waals surface area contributed by atoms with Gasteiger partial charge in [0.25, 0.3) is 0 Å². The number of fused-ring (bicyclic) bond motifs is 2. The molecule has 7 heteroatoms. The molecule has 0 aliphatic heterocycles. The lowest BCUT2D eigenvalue weighted by molar-refractivity contribution is -0.120. The first kappa shape index (κ1) is 26.8. The summed E-state index contributed by atoms with van der Waals surface area (Å²) in [6.07, 6.45) is -0.140. The Labute approximate surface area is 240 Å². The van der Waals surface area contributed by atoms with Crippen LogP contribution < -0.4 is 0 Å². The second-order valence-electron chi connectivity index (χ2n) is 10.4. The molecular formula is C35H22O7. The average molecular weight is 555 g/mol. The molecule has 0 saturated carbocycles. The molecule has 7 nitrogen and oxygen atoms in total. The van der Waals surface area contributed by atoms with E-state index in [2.05, 4.69) is 0 Å². The van der Waals surface area contributed by atoms with Crippen LogP contribution in [-0.2, 0) is 22.4 Å². The third-order valence-corrected chi connectivity index (χ3v) is 7.76. The first-order valence-corrected chi connectivity index (χ1v) is 13.4. The largest absolute Gasteiger partial charge is 0.298 e. The fraction of sp³-hybridized carbons (Fsp3) is 0.114. The van der Waals surface area contributed by atoms with Crippen molar-refractivity contribution < 1.29 is 33.6 Å². The van der Waals surface area contributed by atoms with E-state index in [1.165, 1.54) is 36.4 Å². The Hall–Kier alpha value is -5.43. The van der Waals surface area contributed by atoms with Crippen molar-refractivity contribution in [3.05, 3.63) is 142 Å². The van der Waals surface area contributed by atoms with Gasteiger partial charge in [0.15, 0.2) is 40.5 Å². The Morgan fingerprint density at radius 2 is 0.810 bits per heavy atom. The lowest BCUT2D eigenvalue weighted by Gasteiger charge is -2.06. The van der Waals surface area contributed by atoms with Gasteiger partial charge in [-0.25, -0.2) is 0 Å². The van der Waals surface area contributed by atoms with Gasteiger partial charge in [0.05, 0.1) is 0 Å². The van der Waals surface area contributed by atoms with Gasteiger partial charge >= 0.3 is 0 Å². The fourth-order valence-electron chi connectivity index (χ4n) is 5.62. The van der Waals surface area contributed by atoms with Crippen LogP contribution in [0.2, 0.25) is 0 Å². The van der Waals surface area contributed by atoms with E-state index in [-0.39, 0.29) is 46.2 Å². The molecule has 4 aromatic carbocycles. The Morgan fingerprint density at radius 3 is 1.19 bits per heavy atom. The zero-order valence-electron chi connectivity index (χ0n) is 22.2. The molecule has 2 atom stereocenters. The van der Waals surface area contributed by atoms with Crippen molar-refractivity contribution in [1.29, 1.82) is 0 Å². The lowest BCUT2D eigenvalue weighted by Crippen LogP contribution is -2.27. The van der Waals surface area contributed by atoms with E-state index in [0.717, 1.165) is 0 Å². The zero-order chi connectivity index (χ0) is 29.5. The zero-order valence-corrected chi connectivity index (χ0v) is 22.2. The Balaban J connectivity index is 1.23. The monoisotopic (exact) mass is 554 g/mol. The van der Waals surface area contributed by atoms with Crippen LogP contribution in [0.15, 0.2) is 97.1 Å². The topological polar surface area (TPSA) is 119 Å². The minimum Gasteiger partial charge on any atom is -0.298 e. The number of ketones is 7. The van der Waals surface area contributed by atoms with Crippen molar-refractivity contribution >= 4 is 40.5 Å². The van der Waals surface area contributed by atoms with Crippen LogP contribution >= 0.6 is 0 Å². The van der Waals surface area contributed by atoms with Crippen LogP contribution in [-0.4, -0.2) is 40.5 Å². The lowest BCUT2D eigenvalue weighted by atomic mass is 9.93. The van der Waals surface area contributed by atoms with Gasteiger partial charge in [0.1, 0.15) is 11.8 Å². The molecule has 2 aliphatic rings. The van der Waals surface area contributed by atoms with Gasteiger partial charge in [0, 0.05) is 46.2 Å².